The van der Waals surface area contributed by atoms with Crippen LogP contribution in [0.5, 0.6) is 0 Å². The van der Waals surface area contributed by atoms with E-state index in [1.807, 2.05) is 13.8 Å². The van der Waals surface area contributed by atoms with E-state index in [0.717, 1.165) is 0 Å². The van der Waals surface area contributed by atoms with Crippen molar-refractivity contribution in [1.29, 1.82) is 0 Å². The van der Waals surface area contributed by atoms with Gasteiger partial charge in [0.2, 0.25) is 0 Å². The van der Waals surface area contributed by atoms with Gasteiger partial charge in [0.05, 0.1) is 19.1 Å². The largest absolute Gasteiger partial charge is 0.469 e. The highest BCUT2D eigenvalue weighted by atomic mass is 35.5. The van der Waals surface area contributed by atoms with Crippen LogP contribution in [-0.4, -0.2) is 42.0 Å². The van der Waals surface area contributed by atoms with E-state index in [2.05, 4.69) is 9.72 Å². The lowest BCUT2D eigenvalue weighted by molar-refractivity contribution is -0.140. The number of hydrogen-bond acceptors (Lipinski definition) is 4. The normalized spacial score (nSPS) is 10.4. The van der Waals surface area contributed by atoms with Crippen molar-refractivity contribution in [2.24, 2.45) is 5.92 Å². The number of aromatic nitrogens is 1. The third kappa shape index (κ3) is 5.17. The van der Waals surface area contributed by atoms with Gasteiger partial charge < -0.3 is 9.64 Å². The minimum atomic E-state index is -0.333. The van der Waals surface area contributed by atoms with E-state index in [1.54, 1.807) is 17.0 Å². The highest BCUT2D eigenvalue weighted by Crippen LogP contribution is 2.10. The number of pyridine rings is 1. The molecule has 0 atom stereocenters. The Labute approximate surface area is 123 Å². The zero-order valence-electron chi connectivity index (χ0n) is 11.9. The maximum absolute atomic E-state index is 12.4. The van der Waals surface area contributed by atoms with Gasteiger partial charge in [-0.1, -0.05) is 25.4 Å². The van der Waals surface area contributed by atoms with Crippen LogP contribution in [0, 0.1) is 5.92 Å². The van der Waals surface area contributed by atoms with E-state index in [-0.39, 0.29) is 18.3 Å². The molecule has 1 amide bonds. The molecule has 1 rings (SSSR count). The summed E-state index contributed by atoms with van der Waals surface area (Å²) in [6.45, 7) is 4.92. The monoisotopic (exact) mass is 298 g/mol. The Morgan fingerprint density at radius 2 is 2.10 bits per heavy atom. The molecule has 110 valence electrons. The SMILES string of the molecule is COC(=O)CCN(CC(C)C)C(=O)c1ccc(Cl)nc1. The number of rotatable bonds is 6. The fourth-order valence-corrected chi connectivity index (χ4v) is 1.84. The molecule has 0 N–H and O–H groups in total. The molecule has 1 aromatic heterocycles. The number of methoxy groups -OCH3 is 1. The van der Waals surface area contributed by atoms with Gasteiger partial charge in [-0.05, 0) is 18.1 Å². The van der Waals surface area contributed by atoms with E-state index in [4.69, 9.17) is 11.6 Å². The van der Waals surface area contributed by atoms with Crippen LogP contribution in [0.4, 0.5) is 0 Å². The van der Waals surface area contributed by atoms with Crippen molar-refractivity contribution in [1.82, 2.24) is 9.88 Å². The fourth-order valence-electron chi connectivity index (χ4n) is 1.73. The molecule has 0 aliphatic rings. The Hall–Kier alpha value is -1.62. The van der Waals surface area contributed by atoms with Crippen molar-refractivity contribution in [2.45, 2.75) is 20.3 Å². The predicted octanol–water partition coefficient (Wildman–Crippen LogP) is 2.40. The number of hydrogen-bond donors (Lipinski definition) is 0. The lowest BCUT2D eigenvalue weighted by Crippen LogP contribution is -2.36. The first-order chi connectivity index (χ1) is 9.43. The Balaban J connectivity index is 2.78. The summed E-state index contributed by atoms with van der Waals surface area (Å²) in [5, 5.41) is 0.339. The van der Waals surface area contributed by atoms with Gasteiger partial charge in [-0.15, -0.1) is 0 Å². The molecular formula is C14H19ClN2O3. The Morgan fingerprint density at radius 3 is 2.60 bits per heavy atom. The van der Waals surface area contributed by atoms with Crippen molar-refractivity contribution < 1.29 is 14.3 Å². The van der Waals surface area contributed by atoms with Gasteiger partial charge in [0.15, 0.2) is 0 Å². The number of carbonyl (C=O) groups is 2. The van der Waals surface area contributed by atoms with Crippen molar-refractivity contribution in [3.63, 3.8) is 0 Å². The molecular weight excluding hydrogens is 280 g/mol. The standard InChI is InChI=1S/C14H19ClN2O3/c1-10(2)9-17(7-6-13(18)20-3)14(19)11-4-5-12(15)16-8-11/h4-5,8,10H,6-7,9H2,1-3H3. The van der Waals surface area contributed by atoms with E-state index in [1.165, 1.54) is 13.3 Å². The number of ether oxygens (including phenoxy) is 1. The van der Waals surface area contributed by atoms with Crippen LogP contribution < -0.4 is 0 Å². The lowest BCUT2D eigenvalue weighted by atomic mass is 10.1. The molecule has 0 saturated carbocycles. The molecule has 5 nitrogen and oxygen atoms in total. The van der Waals surface area contributed by atoms with Crippen molar-refractivity contribution in [3.05, 3.63) is 29.0 Å². The molecule has 0 aromatic carbocycles. The van der Waals surface area contributed by atoms with Crippen LogP contribution in [-0.2, 0) is 9.53 Å². The molecule has 0 saturated heterocycles. The van der Waals surface area contributed by atoms with Crippen molar-refractivity contribution >= 4 is 23.5 Å². The molecule has 0 aliphatic carbocycles. The Morgan fingerprint density at radius 1 is 1.40 bits per heavy atom. The maximum atomic E-state index is 12.4. The van der Waals surface area contributed by atoms with E-state index >= 15 is 0 Å². The average Bonchev–Trinajstić information content (AvgIpc) is 2.42. The van der Waals surface area contributed by atoms with E-state index in [0.29, 0.717) is 29.7 Å². The fraction of sp³-hybridized carbons (Fsp3) is 0.500. The van der Waals surface area contributed by atoms with Gasteiger partial charge in [-0.2, -0.15) is 0 Å². The summed E-state index contributed by atoms with van der Waals surface area (Å²) in [6.07, 6.45) is 1.62. The number of carbonyl (C=O) groups excluding carboxylic acids is 2. The topological polar surface area (TPSA) is 59.5 Å². The third-order valence-corrected chi connectivity index (χ3v) is 2.88. The summed E-state index contributed by atoms with van der Waals surface area (Å²) >= 11 is 5.70. The van der Waals surface area contributed by atoms with Crippen LogP contribution in [0.25, 0.3) is 0 Å². The predicted molar refractivity (Wildman–Crippen MR) is 76.6 cm³/mol. The summed E-state index contributed by atoms with van der Waals surface area (Å²) in [5.41, 5.74) is 0.458. The second kappa shape index (κ2) is 7.85. The summed E-state index contributed by atoms with van der Waals surface area (Å²) in [7, 11) is 1.33. The molecule has 1 aromatic rings. The zero-order chi connectivity index (χ0) is 15.1. The first-order valence-corrected chi connectivity index (χ1v) is 6.79. The highest BCUT2D eigenvalue weighted by Gasteiger charge is 2.18. The number of halogens is 1. The molecule has 6 heteroatoms. The minimum absolute atomic E-state index is 0.160. The molecule has 0 unspecified atom stereocenters. The third-order valence-electron chi connectivity index (χ3n) is 2.66. The number of nitrogens with zero attached hydrogens (tertiary/aromatic N) is 2. The van der Waals surface area contributed by atoms with Gasteiger partial charge in [0, 0.05) is 19.3 Å². The summed E-state index contributed by atoms with van der Waals surface area (Å²) in [4.78, 5) is 29.1. The number of amides is 1. The quantitative estimate of drug-likeness (QED) is 0.598. The molecule has 1 heterocycles. The van der Waals surface area contributed by atoms with Gasteiger partial charge >= 0.3 is 5.97 Å². The molecule has 0 radical (unpaired) electrons. The molecule has 0 aliphatic heterocycles. The maximum Gasteiger partial charge on any atom is 0.307 e. The van der Waals surface area contributed by atoms with Gasteiger partial charge in [-0.3, -0.25) is 9.59 Å². The van der Waals surface area contributed by atoms with Crippen LogP contribution in [0.3, 0.4) is 0 Å². The first-order valence-electron chi connectivity index (χ1n) is 6.41. The van der Waals surface area contributed by atoms with Crippen LogP contribution >= 0.6 is 11.6 Å². The van der Waals surface area contributed by atoms with Crippen molar-refractivity contribution in [2.75, 3.05) is 20.2 Å². The summed E-state index contributed by atoms with van der Waals surface area (Å²) < 4.78 is 4.60. The second-order valence-corrected chi connectivity index (χ2v) is 5.23. The molecule has 0 spiro atoms. The van der Waals surface area contributed by atoms with Crippen LogP contribution in [0.15, 0.2) is 18.3 Å². The first kappa shape index (κ1) is 16.4. The minimum Gasteiger partial charge on any atom is -0.469 e. The van der Waals surface area contributed by atoms with Gasteiger partial charge in [0.25, 0.3) is 5.91 Å². The van der Waals surface area contributed by atoms with Gasteiger partial charge in [-0.25, -0.2) is 4.98 Å². The highest BCUT2D eigenvalue weighted by molar-refractivity contribution is 6.29. The zero-order valence-corrected chi connectivity index (χ0v) is 12.7. The summed E-state index contributed by atoms with van der Waals surface area (Å²) in [6, 6.07) is 3.20. The lowest BCUT2D eigenvalue weighted by Gasteiger charge is -2.24. The second-order valence-electron chi connectivity index (χ2n) is 4.84. The van der Waals surface area contributed by atoms with E-state index < -0.39 is 0 Å². The van der Waals surface area contributed by atoms with E-state index in [9.17, 15) is 9.59 Å². The Bertz CT molecular complexity index is 460. The summed E-state index contributed by atoms with van der Waals surface area (Å²) in [5.74, 6) is -0.190. The average molecular weight is 299 g/mol. The number of esters is 1. The van der Waals surface area contributed by atoms with Gasteiger partial charge in [0.1, 0.15) is 5.15 Å². The van der Waals surface area contributed by atoms with Crippen LogP contribution in [0.2, 0.25) is 5.15 Å². The van der Waals surface area contributed by atoms with Crippen LogP contribution in [0.1, 0.15) is 30.6 Å². The molecule has 20 heavy (non-hydrogen) atoms. The molecule has 0 fully saturated rings. The Kier molecular flexibility index (Phi) is 6.45. The smallest absolute Gasteiger partial charge is 0.307 e. The van der Waals surface area contributed by atoms with Crippen molar-refractivity contribution in [3.8, 4) is 0 Å². The molecule has 0 bridgehead atoms.